The summed E-state index contributed by atoms with van der Waals surface area (Å²) in [6.07, 6.45) is -10.1. The normalized spacial score (nSPS) is 31.8. The van der Waals surface area contributed by atoms with Crippen molar-refractivity contribution in [2.75, 3.05) is 6.79 Å². The summed E-state index contributed by atoms with van der Waals surface area (Å²) in [5.74, 6) is -2.22. The van der Waals surface area contributed by atoms with Crippen LogP contribution < -0.4 is 14.6 Å². The molecule has 0 radical (unpaired) electrons. The second kappa shape index (κ2) is 15.3. The number of carbonyl (C=O) groups excluding carboxylic acids is 1. The molecule has 3 fully saturated rings. The van der Waals surface area contributed by atoms with Crippen molar-refractivity contribution in [2.24, 2.45) is 5.16 Å². The number of hydrogen-bond donors (Lipinski definition) is 8. The second-order valence-corrected chi connectivity index (χ2v) is 12.9. The Hall–Kier alpha value is -3.23. The maximum absolute atomic E-state index is 13.3. The number of ether oxygens (including phenoxy) is 4. The molecule has 268 valence electrons. The Labute approximate surface area is 282 Å². The monoisotopic (exact) mass is 734 g/mol. The highest BCUT2D eigenvalue weighted by Gasteiger charge is 2.53. The number of phosphoric ester groups is 1. The van der Waals surface area contributed by atoms with Crippen molar-refractivity contribution < 1.29 is 77.4 Å². The smallest absolute Gasteiger partial charge is 0.458 e. The number of nitrogens with one attached hydrogen (secondary N) is 1. The van der Waals surface area contributed by atoms with Gasteiger partial charge in [0.2, 0.25) is 12.2 Å². The van der Waals surface area contributed by atoms with Crippen molar-refractivity contribution in [1.82, 2.24) is 5.32 Å². The number of halogens is 2. The van der Waals surface area contributed by atoms with Crippen molar-refractivity contribution in [1.29, 1.82) is 0 Å². The van der Waals surface area contributed by atoms with E-state index in [0.717, 1.165) is 18.3 Å². The van der Waals surface area contributed by atoms with E-state index in [0.29, 0.717) is 5.56 Å². The number of aliphatic hydroxyl groups is 5. The molecule has 3 aliphatic rings. The Morgan fingerprint density at radius 1 is 1.02 bits per heavy atom. The van der Waals surface area contributed by atoms with Gasteiger partial charge in [0.15, 0.2) is 11.5 Å². The Kier molecular flexibility index (Phi) is 11.6. The molecule has 1 saturated carbocycles. The quantitative estimate of drug-likeness (QED) is 0.0639. The van der Waals surface area contributed by atoms with Crippen molar-refractivity contribution in [3.8, 4) is 11.5 Å². The highest BCUT2D eigenvalue weighted by Crippen LogP contribution is 2.43. The Balaban J connectivity index is 1.25. The van der Waals surface area contributed by atoms with Gasteiger partial charge in [0.05, 0.1) is 17.3 Å². The van der Waals surface area contributed by atoms with Crippen LogP contribution in [0.2, 0.25) is 5.02 Å². The molecule has 2 aromatic carbocycles. The van der Waals surface area contributed by atoms with Crippen LogP contribution in [-0.2, 0) is 35.0 Å². The third-order valence-electron chi connectivity index (χ3n) is 7.83. The van der Waals surface area contributed by atoms with Gasteiger partial charge in [-0.25, -0.2) is 8.96 Å². The fraction of sp³-hybridized carbons (Fsp3) is 0.448. The molecule has 0 spiro atoms. The van der Waals surface area contributed by atoms with Gasteiger partial charge in [-0.05, 0) is 48.4 Å². The third kappa shape index (κ3) is 8.75. The van der Waals surface area contributed by atoms with Crippen molar-refractivity contribution >= 4 is 37.6 Å². The number of phosphoric acid groups is 1. The number of oxime groups is 1. The summed E-state index contributed by atoms with van der Waals surface area (Å²) in [6.45, 7) is 1.07. The minimum atomic E-state index is -5.18. The van der Waals surface area contributed by atoms with Gasteiger partial charge >= 0.3 is 7.82 Å². The van der Waals surface area contributed by atoms with Gasteiger partial charge in [-0.3, -0.25) is 14.6 Å². The molecule has 1 amide bonds. The molecule has 2 aliphatic heterocycles. The summed E-state index contributed by atoms with van der Waals surface area (Å²) in [6, 6.07) is 6.27. The minimum Gasteiger partial charge on any atom is -0.458 e. The van der Waals surface area contributed by atoms with Crippen LogP contribution in [0.1, 0.15) is 18.1 Å². The van der Waals surface area contributed by atoms with Gasteiger partial charge in [0.1, 0.15) is 68.0 Å². The largest absolute Gasteiger partial charge is 0.524 e. The zero-order valence-corrected chi connectivity index (χ0v) is 27.0. The highest BCUT2D eigenvalue weighted by atomic mass is 35.5. The first kappa shape index (κ1) is 37.0. The van der Waals surface area contributed by atoms with E-state index in [2.05, 4.69) is 10.5 Å². The summed E-state index contributed by atoms with van der Waals surface area (Å²) in [5.41, 5.74) is 0.692. The number of fused-ring (bicyclic) bond motifs is 1. The van der Waals surface area contributed by atoms with Crippen LogP contribution in [0.4, 0.5) is 4.39 Å². The molecular weight excluding hydrogens is 702 g/mol. The lowest BCUT2D eigenvalue weighted by atomic mass is 9.83. The van der Waals surface area contributed by atoms with Crippen molar-refractivity contribution in [3.05, 3.63) is 63.9 Å². The minimum absolute atomic E-state index is 0.0138. The van der Waals surface area contributed by atoms with E-state index in [9.17, 15) is 49.1 Å². The number of hydrogen-bond acceptors (Lipinski definition) is 14. The second-order valence-electron chi connectivity index (χ2n) is 11.3. The van der Waals surface area contributed by atoms with Gasteiger partial charge in [0, 0.05) is 5.57 Å². The fourth-order valence-electron chi connectivity index (χ4n) is 5.31. The summed E-state index contributed by atoms with van der Waals surface area (Å²) in [5, 5.41) is 58.4. The lowest BCUT2D eigenvalue weighted by molar-refractivity contribution is -0.155. The van der Waals surface area contributed by atoms with Gasteiger partial charge in [-0.15, -0.1) is 0 Å². The fourth-order valence-corrected chi connectivity index (χ4v) is 5.91. The van der Waals surface area contributed by atoms with Gasteiger partial charge in [-0.1, -0.05) is 28.9 Å². The molecule has 5 rings (SSSR count). The van der Waals surface area contributed by atoms with Crippen LogP contribution in [0.15, 0.2) is 47.1 Å². The SMILES string of the molecule is C/C(=C\c1ccc(O[C@@H]2O[C@H](/C=N\OCc3ccc(F)c(Cl)c3)[C@@H](O)C2O)c(OP(=O)(O)O)c1)C(=O)N[C@@H]1[C@H](O)[C@@H](O)[C@H]2OCO[C@H]2[C@@H]1O. The van der Waals surface area contributed by atoms with E-state index >= 15 is 0 Å². The van der Waals surface area contributed by atoms with E-state index in [1.807, 2.05) is 0 Å². The van der Waals surface area contributed by atoms with Crippen molar-refractivity contribution in [2.45, 2.75) is 74.7 Å². The standard InChI is InChI=1S/C29H33ClFN2O15P/c1-12(28(39)33-20-22(35)24(37)27-26(23(20)36)43-11-44-27)6-13-3-5-17(18(8-13)48-49(40,41)42)46-29-25(38)21(34)19(47-29)9-32-45-10-14-2-4-16(31)15(30)7-14/h2-9,19-27,29,34-38H,10-11H2,1H3,(H,33,39)(H2,40,41,42)/b12-6+,32-9-/t19-,20-,21-,22+,23-,24-,25?,26+,27-,29-/m1/s1. The first-order valence-corrected chi connectivity index (χ1v) is 16.5. The van der Waals surface area contributed by atoms with Crippen LogP contribution in [0.3, 0.4) is 0 Å². The van der Waals surface area contributed by atoms with Gasteiger partial charge in [0.25, 0.3) is 0 Å². The van der Waals surface area contributed by atoms with Crippen LogP contribution >= 0.6 is 19.4 Å². The summed E-state index contributed by atoms with van der Waals surface area (Å²) in [4.78, 5) is 37.1. The van der Waals surface area contributed by atoms with Gasteiger partial charge < -0.3 is 59.2 Å². The Bertz CT molecular complexity index is 1630. The lowest BCUT2D eigenvalue weighted by Gasteiger charge is -2.41. The molecule has 20 heteroatoms. The zero-order chi connectivity index (χ0) is 35.6. The highest BCUT2D eigenvalue weighted by molar-refractivity contribution is 7.46. The Morgan fingerprint density at radius 3 is 2.43 bits per heavy atom. The van der Waals surface area contributed by atoms with Crippen molar-refractivity contribution in [3.63, 3.8) is 0 Å². The van der Waals surface area contributed by atoms with E-state index < -0.39 is 86.5 Å². The first-order chi connectivity index (χ1) is 23.1. The number of rotatable bonds is 11. The zero-order valence-electron chi connectivity index (χ0n) is 25.4. The molecule has 10 atom stereocenters. The molecule has 2 heterocycles. The molecule has 2 aromatic rings. The summed E-state index contributed by atoms with van der Waals surface area (Å²) >= 11 is 5.73. The third-order valence-corrected chi connectivity index (χ3v) is 8.55. The number of aliphatic hydroxyl groups excluding tert-OH is 5. The topological polar surface area (TPSA) is 256 Å². The molecule has 17 nitrogen and oxygen atoms in total. The molecule has 0 bridgehead atoms. The van der Waals surface area contributed by atoms with Crippen LogP contribution in [-0.4, -0.2) is 115 Å². The lowest BCUT2D eigenvalue weighted by Crippen LogP contribution is -2.67. The van der Waals surface area contributed by atoms with Crippen LogP contribution in [0.5, 0.6) is 11.5 Å². The average Bonchev–Trinajstić information content (AvgIpc) is 3.64. The molecule has 1 unspecified atom stereocenters. The van der Waals surface area contributed by atoms with E-state index in [1.165, 1.54) is 37.3 Å². The van der Waals surface area contributed by atoms with Crippen LogP contribution in [0, 0.1) is 5.82 Å². The summed E-state index contributed by atoms with van der Waals surface area (Å²) < 4.78 is 51.4. The number of benzene rings is 2. The van der Waals surface area contributed by atoms with Crippen LogP contribution in [0.25, 0.3) is 6.08 Å². The maximum atomic E-state index is 13.3. The number of carbonyl (C=O) groups is 1. The summed E-state index contributed by atoms with van der Waals surface area (Å²) in [7, 11) is -5.18. The average molecular weight is 735 g/mol. The molecule has 0 aromatic heterocycles. The predicted octanol–water partition coefficient (Wildman–Crippen LogP) is -0.295. The predicted molar refractivity (Wildman–Crippen MR) is 163 cm³/mol. The van der Waals surface area contributed by atoms with Gasteiger partial charge in [-0.2, -0.15) is 0 Å². The number of nitrogens with zero attached hydrogens (tertiary/aromatic N) is 1. The van der Waals surface area contributed by atoms with E-state index in [1.54, 1.807) is 0 Å². The van der Waals surface area contributed by atoms with E-state index in [-0.39, 0.29) is 35.3 Å². The molecule has 8 N–H and O–H groups in total. The van der Waals surface area contributed by atoms with E-state index in [4.69, 9.17) is 39.9 Å². The Morgan fingerprint density at radius 2 is 1.73 bits per heavy atom. The molecule has 1 aliphatic carbocycles. The molecular formula is C29H33ClFN2O15P. The first-order valence-electron chi connectivity index (χ1n) is 14.6. The molecule has 49 heavy (non-hydrogen) atoms. The number of amides is 1. The molecule has 2 saturated heterocycles. The maximum Gasteiger partial charge on any atom is 0.524 e.